The van der Waals surface area contributed by atoms with Crippen LogP contribution in [0.5, 0.6) is 11.5 Å². The highest BCUT2D eigenvalue weighted by atomic mass is 16.6. The molecular formula is C20H23NO5. The van der Waals surface area contributed by atoms with Crippen molar-refractivity contribution in [1.82, 2.24) is 5.32 Å². The number of hydrogen-bond acceptors (Lipinski definition) is 5. The second kappa shape index (κ2) is 9.46. The summed E-state index contributed by atoms with van der Waals surface area (Å²) in [6, 6.07) is 14.2. The van der Waals surface area contributed by atoms with E-state index in [0.29, 0.717) is 17.9 Å². The molecule has 0 aliphatic carbocycles. The number of ether oxygens (including phenoxy) is 3. The molecule has 0 aliphatic rings. The van der Waals surface area contributed by atoms with Crippen LogP contribution in [0.3, 0.4) is 0 Å². The summed E-state index contributed by atoms with van der Waals surface area (Å²) in [5, 5.41) is 2.36. The predicted octanol–water partition coefficient (Wildman–Crippen LogP) is 3.75. The minimum atomic E-state index is -0.746. The van der Waals surface area contributed by atoms with Crippen molar-refractivity contribution in [3.05, 3.63) is 59.7 Å². The molecule has 6 heteroatoms. The van der Waals surface area contributed by atoms with Crippen LogP contribution >= 0.6 is 0 Å². The highest BCUT2D eigenvalue weighted by molar-refractivity contribution is 5.75. The second-order valence-corrected chi connectivity index (χ2v) is 5.75. The number of carbonyl (C=O) groups is 2. The molecule has 0 saturated carbocycles. The van der Waals surface area contributed by atoms with Gasteiger partial charge >= 0.3 is 12.1 Å². The third-order valence-electron chi connectivity index (χ3n) is 3.78. The maximum absolute atomic E-state index is 12.1. The van der Waals surface area contributed by atoms with Crippen molar-refractivity contribution in [2.24, 2.45) is 0 Å². The molecule has 0 bridgehead atoms. The van der Waals surface area contributed by atoms with Crippen molar-refractivity contribution in [3.8, 4) is 11.5 Å². The van der Waals surface area contributed by atoms with Gasteiger partial charge in [-0.25, -0.2) is 9.59 Å². The first-order chi connectivity index (χ1) is 12.5. The van der Waals surface area contributed by atoms with Crippen LogP contribution < -0.4 is 14.8 Å². The number of amides is 1. The Bertz CT molecular complexity index is 745. The van der Waals surface area contributed by atoms with E-state index in [1.54, 1.807) is 24.3 Å². The van der Waals surface area contributed by atoms with E-state index in [1.807, 2.05) is 45.0 Å². The third-order valence-corrected chi connectivity index (χ3v) is 3.78. The standard InChI is InChI=1S/C20H23NO5/c1-4-18(25-17-11-10-14(2)15(3)12-17)19(22)24-13-21-20(23)26-16-8-6-5-7-9-16/h5-12,18H,4,13H2,1-3H3,(H,21,23). The van der Waals surface area contributed by atoms with Gasteiger partial charge in [0.15, 0.2) is 12.8 Å². The molecule has 138 valence electrons. The normalized spacial score (nSPS) is 11.3. The van der Waals surface area contributed by atoms with E-state index in [1.165, 1.54) is 0 Å². The number of aryl methyl sites for hydroxylation is 2. The third kappa shape index (κ3) is 5.81. The van der Waals surface area contributed by atoms with Crippen molar-refractivity contribution in [2.75, 3.05) is 6.73 Å². The Balaban J connectivity index is 1.79. The Morgan fingerprint density at radius 2 is 1.73 bits per heavy atom. The molecule has 0 aromatic heterocycles. The number of esters is 1. The van der Waals surface area contributed by atoms with Crippen LogP contribution in [-0.4, -0.2) is 24.9 Å². The maximum Gasteiger partial charge on any atom is 0.415 e. The van der Waals surface area contributed by atoms with Crippen molar-refractivity contribution in [2.45, 2.75) is 33.3 Å². The Labute approximate surface area is 153 Å². The first-order valence-corrected chi connectivity index (χ1v) is 8.41. The fourth-order valence-electron chi connectivity index (χ4n) is 2.14. The molecule has 1 unspecified atom stereocenters. The van der Waals surface area contributed by atoms with Crippen LogP contribution in [-0.2, 0) is 9.53 Å². The van der Waals surface area contributed by atoms with Crippen LogP contribution in [0.2, 0.25) is 0 Å². The molecule has 0 spiro atoms. The van der Waals surface area contributed by atoms with Crippen molar-refractivity contribution < 1.29 is 23.8 Å². The predicted molar refractivity (Wildman–Crippen MR) is 97.2 cm³/mol. The van der Waals surface area contributed by atoms with Gasteiger partial charge < -0.3 is 14.2 Å². The molecule has 0 saturated heterocycles. The fraction of sp³-hybridized carbons (Fsp3) is 0.300. The first kappa shape index (κ1) is 19.3. The Morgan fingerprint density at radius 3 is 2.38 bits per heavy atom. The summed E-state index contributed by atoms with van der Waals surface area (Å²) in [5.41, 5.74) is 2.23. The van der Waals surface area contributed by atoms with E-state index < -0.39 is 18.2 Å². The quantitative estimate of drug-likeness (QED) is 0.603. The highest BCUT2D eigenvalue weighted by Gasteiger charge is 2.20. The van der Waals surface area contributed by atoms with Gasteiger partial charge in [0, 0.05) is 0 Å². The Kier molecular flexibility index (Phi) is 7.02. The van der Waals surface area contributed by atoms with Crippen LogP contribution in [0.4, 0.5) is 4.79 Å². The summed E-state index contributed by atoms with van der Waals surface area (Å²) in [4.78, 5) is 23.8. The van der Waals surface area contributed by atoms with Gasteiger partial charge in [-0.3, -0.25) is 5.32 Å². The van der Waals surface area contributed by atoms with Gasteiger partial charge in [0.1, 0.15) is 11.5 Å². The summed E-state index contributed by atoms with van der Waals surface area (Å²) in [6.07, 6.45) is -1.00. The zero-order valence-electron chi connectivity index (χ0n) is 15.2. The molecule has 0 fully saturated rings. The lowest BCUT2D eigenvalue weighted by atomic mass is 10.1. The lowest BCUT2D eigenvalue weighted by Crippen LogP contribution is -2.35. The molecule has 0 aliphatic heterocycles. The van der Waals surface area contributed by atoms with Crippen LogP contribution in [0, 0.1) is 13.8 Å². The molecular weight excluding hydrogens is 334 g/mol. The monoisotopic (exact) mass is 357 g/mol. The van der Waals surface area contributed by atoms with Gasteiger partial charge in [-0.2, -0.15) is 0 Å². The fourth-order valence-corrected chi connectivity index (χ4v) is 2.14. The summed E-state index contributed by atoms with van der Waals surface area (Å²) in [6.45, 7) is 5.51. The van der Waals surface area contributed by atoms with Gasteiger partial charge in [-0.1, -0.05) is 31.2 Å². The summed E-state index contributed by atoms with van der Waals surface area (Å²) in [5.74, 6) is 0.458. The average molecular weight is 357 g/mol. The highest BCUT2D eigenvalue weighted by Crippen LogP contribution is 2.19. The lowest BCUT2D eigenvalue weighted by Gasteiger charge is -2.17. The number of benzene rings is 2. The molecule has 0 radical (unpaired) electrons. The Hall–Kier alpha value is -3.02. The lowest BCUT2D eigenvalue weighted by molar-refractivity contribution is -0.152. The molecule has 1 N–H and O–H groups in total. The molecule has 1 atom stereocenters. The van der Waals surface area contributed by atoms with Crippen LogP contribution in [0.25, 0.3) is 0 Å². The SMILES string of the molecule is CCC(Oc1ccc(C)c(C)c1)C(=O)OCNC(=O)Oc1ccccc1. The van der Waals surface area contributed by atoms with E-state index in [0.717, 1.165) is 11.1 Å². The largest absolute Gasteiger partial charge is 0.479 e. The second-order valence-electron chi connectivity index (χ2n) is 5.75. The van der Waals surface area contributed by atoms with E-state index >= 15 is 0 Å². The van der Waals surface area contributed by atoms with E-state index in [-0.39, 0.29) is 6.73 Å². The van der Waals surface area contributed by atoms with Crippen molar-refractivity contribution in [3.63, 3.8) is 0 Å². The van der Waals surface area contributed by atoms with Gasteiger partial charge in [0.05, 0.1) is 0 Å². The maximum atomic E-state index is 12.1. The van der Waals surface area contributed by atoms with Gasteiger partial charge in [0.2, 0.25) is 0 Å². The van der Waals surface area contributed by atoms with Crippen LogP contribution in [0.1, 0.15) is 24.5 Å². The Morgan fingerprint density at radius 1 is 1.00 bits per heavy atom. The van der Waals surface area contributed by atoms with E-state index in [4.69, 9.17) is 14.2 Å². The number of carbonyl (C=O) groups excluding carboxylic acids is 2. The smallest absolute Gasteiger partial charge is 0.415 e. The number of para-hydroxylation sites is 1. The summed E-state index contributed by atoms with van der Waals surface area (Å²) in [7, 11) is 0. The van der Waals surface area contributed by atoms with Gasteiger partial charge in [-0.05, 0) is 55.7 Å². The minimum Gasteiger partial charge on any atom is -0.479 e. The molecule has 1 amide bonds. The van der Waals surface area contributed by atoms with E-state index in [9.17, 15) is 9.59 Å². The summed E-state index contributed by atoms with van der Waals surface area (Å²) >= 11 is 0. The number of rotatable bonds is 7. The molecule has 2 aromatic rings. The molecule has 0 heterocycles. The molecule has 26 heavy (non-hydrogen) atoms. The van der Waals surface area contributed by atoms with Crippen molar-refractivity contribution in [1.29, 1.82) is 0 Å². The number of nitrogens with one attached hydrogen (secondary N) is 1. The number of hydrogen-bond donors (Lipinski definition) is 1. The van der Waals surface area contributed by atoms with Gasteiger partial charge in [-0.15, -0.1) is 0 Å². The van der Waals surface area contributed by atoms with Gasteiger partial charge in [0.25, 0.3) is 0 Å². The van der Waals surface area contributed by atoms with Crippen molar-refractivity contribution >= 4 is 12.1 Å². The zero-order valence-corrected chi connectivity index (χ0v) is 15.2. The molecule has 2 rings (SSSR count). The first-order valence-electron chi connectivity index (χ1n) is 8.41. The molecule has 6 nitrogen and oxygen atoms in total. The van der Waals surface area contributed by atoms with Crippen LogP contribution in [0.15, 0.2) is 48.5 Å². The zero-order chi connectivity index (χ0) is 18.9. The average Bonchev–Trinajstić information content (AvgIpc) is 2.63. The minimum absolute atomic E-state index is 0.294. The summed E-state index contributed by atoms with van der Waals surface area (Å²) < 4.78 is 15.8. The molecule has 2 aromatic carbocycles. The van der Waals surface area contributed by atoms with E-state index in [2.05, 4.69) is 5.32 Å². The topological polar surface area (TPSA) is 73.9 Å².